The maximum Gasteiger partial charge on any atom is 0.416 e. The smallest absolute Gasteiger partial charge is 0.354 e. The SMILES string of the molecule is FC(F)(F)c1cccc(Nc2cncc(Cl)c2)c1. The molecule has 0 unspecified atom stereocenters. The molecule has 0 atom stereocenters. The largest absolute Gasteiger partial charge is 0.416 e. The summed E-state index contributed by atoms with van der Waals surface area (Å²) in [5.74, 6) is 0. The van der Waals surface area contributed by atoms with Crippen molar-refractivity contribution < 1.29 is 13.2 Å². The first-order chi connectivity index (χ1) is 8.45. The van der Waals surface area contributed by atoms with Crippen LogP contribution in [-0.4, -0.2) is 4.98 Å². The van der Waals surface area contributed by atoms with Gasteiger partial charge in [0.25, 0.3) is 0 Å². The highest BCUT2D eigenvalue weighted by Crippen LogP contribution is 2.31. The van der Waals surface area contributed by atoms with Gasteiger partial charge in [0.1, 0.15) is 0 Å². The van der Waals surface area contributed by atoms with E-state index < -0.39 is 11.7 Å². The van der Waals surface area contributed by atoms with Gasteiger partial charge in [-0.3, -0.25) is 4.98 Å². The Kier molecular flexibility index (Phi) is 3.43. The van der Waals surface area contributed by atoms with Crippen molar-refractivity contribution in [3.8, 4) is 0 Å². The molecule has 6 heteroatoms. The molecule has 0 amide bonds. The van der Waals surface area contributed by atoms with Gasteiger partial charge in [-0.1, -0.05) is 17.7 Å². The Balaban J connectivity index is 2.25. The summed E-state index contributed by atoms with van der Waals surface area (Å²) in [5, 5.41) is 3.22. The number of aromatic nitrogens is 1. The Morgan fingerprint density at radius 2 is 1.83 bits per heavy atom. The topological polar surface area (TPSA) is 24.9 Å². The Bertz CT molecular complexity index is 555. The number of pyridine rings is 1. The maximum atomic E-state index is 12.5. The van der Waals surface area contributed by atoms with Gasteiger partial charge in [-0.15, -0.1) is 0 Å². The average Bonchev–Trinajstić information content (AvgIpc) is 2.28. The van der Waals surface area contributed by atoms with E-state index >= 15 is 0 Å². The normalized spacial score (nSPS) is 11.3. The van der Waals surface area contributed by atoms with E-state index in [4.69, 9.17) is 11.6 Å². The van der Waals surface area contributed by atoms with E-state index in [1.165, 1.54) is 24.5 Å². The lowest BCUT2D eigenvalue weighted by molar-refractivity contribution is -0.137. The van der Waals surface area contributed by atoms with Crippen LogP contribution in [0.3, 0.4) is 0 Å². The monoisotopic (exact) mass is 272 g/mol. The zero-order chi connectivity index (χ0) is 13.2. The van der Waals surface area contributed by atoms with Gasteiger partial charge in [-0.2, -0.15) is 13.2 Å². The van der Waals surface area contributed by atoms with Crippen molar-refractivity contribution in [1.29, 1.82) is 0 Å². The highest BCUT2D eigenvalue weighted by molar-refractivity contribution is 6.30. The molecule has 2 aromatic rings. The van der Waals surface area contributed by atoms with Crippen molar-refractivity contribution in [2.24, 2.45) is 0 Å². The summed E-state index contributed by atoms with van der Waals surface area (Å²) in [4.78, 5) is 3.83. The summed E-state index contributed by atoms with van der Waals surface area (Å²) in [6, 6.07) is 6.50. The molecule has 1 aromatic heterocycles. The molecule has 2 rings (SSSR count). The van der Waals surface area contributed by atoms with E-state index in [-0.39, 0.29) is 0 Å². The second-order valence-corrected chi connectivity index (χ2v) is 4.03. The highest BCUT2D eigenvalue weighted by atomic mass is 35.5. The fourth-order valence-electron chi connectivity index (χ4n) is 1.42. The zero-order valence-corrected chi connectivity index (χ0v) is 9.76. The molecule has 0 fully saturated rings. The zero-order valence-electron chi connectivity index (χ0n) is 9.00. The number of anilines is 2. The molecule has 1 heterocycles. The molecule has 1 N–H and O–H groups in total. The van der Waals surface area contributed by atoms with Crippen molar-refractivity contribution >= 4 is 23.0 Å². The molecular formula is C12H8ClF3N2. The lowest BCUT2D eigenvalue weighted by Crippen LogP contribution is -2.05. The van der Waals surface area contributed by atoms with Gasteiger partial charge in [0.15, 0.2) is 0 Å². The minimum atomic E-state index is -4.36. The third-order valence-electron chi connectivity index (χ3n) is 2.18. The molecule has 0 aliphatic carbocycles. The Labute approximate surface area is 106 Å². The Hall–Kier alpha value is -1.75. The fraction of sp³-hybridized carbons (Fsp3) is 0.0833. The second-order valence-electron chi connectivity index (χ2n) is 3.60. The van der Waals surface area contributed by atoms with Crippen LogP contribution in [-0.2, 0) is 6.18 Å². The van der Waals surface area contributed by atoms with Crippen LogP contribution in [0, 0.1) is 0 Å². The third kappa shape index (κ3) is 3.13. The summed E-state index contributed by atoms with van der Waals surface area (Å²) < 4.78 is 37.5. The standard InChI is InChI=1S/C12H8ClF3N2/c13-9-5-11(7-17-6-9)18-10-3-1-2-8(4-10)12(14,15)16/h1-7,18H. The van der Waals surface area contributed by atoms with Gasteiger partial charge in [0.05, 0.1) is 22.5 Å². The predicted octanol–water partition coefficient (Wildman–Crippen LogP) is 4.50. The van der Waals surface area contributed by atoms with Crippen LogP contribution in [0.2, 0.25) is 5.02 Å². The van der Waals surface area contributed by atoms with Crippen molar-refractivity contribution in [3.05, 3.63) is 53.3 Å². The number of rotatable bonds is 2. The van der Waals surface area contributed by atoms with Crippen LogP contribution in [0.25, 0.3) is 0 Å². The van der Waals surface area contributed by atoms with E-state index in [1.807, 2.05) is 0 Å². The van der Waals surface area contributed by atoms with E-state index in [9.17, 15) is 13.2 Å². The number of benzene rings is 1. The lowest BCUT2D eigenvalue weighted by Gasteiger charge is -2.10. The van der Waals surface area contributed by atoms with Crippen LogP contribution in [0.15, 0.2) is 42.7 Å². The first-order valence-corrected chi connectivity index (χ1v) is 5.38. The van der Waals surface area contributed by atoms with Crippen LogP contribution in [0.4, 0.5) is 24.5 Å². The van der Waals surface area contributed by atoms with Crippen molar-refractivity contribution in [1.82, 2.24) is 4.98 Å². The summed E-state index contributed by atoms with van der Waals surface area (Å²) in [5.41, 5.74) is 0.151. The van der Waals surface area contributed by atoms with E-state index in [0.717, 1.165) is 12.1 Å². The first-order valence-electron chi connectivity index (χ1n) is 5.00. The molecule has 0 bridgehead atoms. The van der Waals surface area contributed by atoms with E-state index in [1.54, 1.807) is 6.07 Å². The molecule has 0 radical (unpaired) electrons. The fourth-order valence-corrected chi connectivity index (χ4v) is 1.59. The number of halogens is 4. The quantitative estimate of drug-likeness (QED) is 0.871. The number of alkyl halides is 3. The van der Waals surface area contributed by atoms with Crippen LogP contribution in [0.1, 0.15) is 5.56 Å². The minimum absolute atomic E-state index is 0.328. The molecule has 94 valence electrons. The van der Waals surface area contributed by atoms with Gasteiger partial charge >= 0.3 is 6.18 Å². The molecule has 1 aromatic carbocycles. The van der Waals surface area contributed by atoms with Crippen LogP contribution in [0.5, 0.6) is 0 Å². The van der Waals surface area contributed by atoms with Gasteiger partial charge < -0.3 is 5.32 Å². The van der Waals surface area contributed by atoms with Gasteiger partial charge in [-0.25, -0.2) is 0 Å². The summed E-state index contributed by atoms with van der Waals surface area (Å²) in [6.07, 6.45) is -1.44. The Morgan fingerprint density at radius 1 is 1.06 bits per heavy atom. The summed E-state index contributed by atoms with van der Waals surface area (Å²) >= 11 is 5.73. The summed E-state index contributed by atoms with van der Waals surface area (Å²) in [6.45, 7) is 0. The van der Waals surface area contributed by atoms with Gasteiger partial charge in [0.2, 0.25) is 0 Å². The molecule has 0 saturated heterocycles. The van der Waals surface area contributed by atoms with Crippen molar-refractivity contribution in [2.45, 2.75) is 6.18 Å². The third-order valence-corrected chi connectivity index (χ3v) is 2.39. The number of hydrogen-bond acceptors (Lipinski definition) is 2. The Morgan fingerprint density at radius 3 is 2.50 bits per heavy atom. The molecule has 2 nitrogen and oxygen atoms in total. The molecule has 0 aliphatic heterocycles. The molecule has 0 saturated carbocycles. The number of hydrogen-bond donors (Lipinski definition) is 1. The van der Waals surface area contributed by atoms with Crippen molar-refractivity contribution in [2.75, 3.05) is 5.32 Å². The van der Waals surface area contributed by atoms with Crippen LogP contribution >= 0.6 is 11.6 Å². The molecule has 18 heavy (non-hydrogen) atoms. The molecule has 0 spiro atoms. The predicted molar refractivity (Wildman–Crippen MR) is 64.0 cm³/mol. The van der Waals surface area contributed by atoms with Gasteiger partial charge in [0, 0.05) is 11.9 Å². The van der Waals surface area contributed by atoms with E-state index in [0.29, 0.717) is 16.4 Å². The first kappa shape index (κ1) is 12.7. The molecular weight excluding hydrogens is 265 g/mol. The maximum absolute atomic E-state index is 12.5. The van der Waals surface area contributed by atoms with E-state index in [2.05, 4.69) is 10.3 Å². The highest BCUT2D eigenvalue weighted by Gasteiger charge is 2.30. The second kappa shape index (κ2) is 4.86. The molecule has 0 aliphatic rings. The average molecular weight is 273 g/mol. The van der Waals surface area contributed by atoms with Gasteiger partial charge in [-0.05, 0) is 24.3 Å². The number of nitrogens with one attached hydrogen (secondary N) is 1. The lowest BCUT2D eigenvalue weighted by atomic mass is 10.2. The summed E-state index contributed by atoms with van der Waals surface area (Å²) in [7, 11) is 0. The van der Waals surface area contributed by atoms with Crippen LogP contribution < -0.4 is 5.32 Å². The minimum Gasteiger partial charge on any atom is -0.354 e. The van der Waals surface area contributed by atoms with Crippen molar-refractivity contribution in [3.63, 3.8) is 0 Å². The number of nitrogens with zero attached hydrogens (tertiary/aromatic N) is 1.